The summed E-state index contributed by atoms with van der Waals surface area (Å²) >= 11 is 2.45. The van der Waals surface area contributed by atoms with Crippen LogP contribution in [0.15, 0.2) is 0 Å². The zero-order valence-electron chi connectivity index (χ0n) is 7.77. The fourth-order valence-corrected chi connectivity index (χ4v) is 1.69. The van der Waals surface area contributed by atoms with Gasteiger partial charge < -0.3 is 4.90 Å². The first-order valence-electron chi connectivity index (χ1n) is 4.55. The first kappa shape index (κ1) is 11.7. The molecule has 0 saturated carbocycles. The van der Waals surface area contributed by atoms with Crippen molar-refractivity contribution in [1.29, 1.82) is 0 Å². The van der Waals surface area contributed by atoms with Gasteiger partial charge in [0.2, 0.25) is 0 Å². The number of halogens is 1. The Labute approximate surface area is 84.7 Å². The zero-order valence-corrected chi connectivity index (χ0v) is 9.93. The van der Waals surface area contributed by atoms with Crippen molar-refractivity contribution in [3.05, 3.63) is 0 Å². The highest BCUT2D eigenvalue weighted by atomic mass is 127. The zero-order chi connectivity index (χ0) is 8.53. The van der Waals surface area contributed by atoms with Crippen molar-refractivity contribution in [1.82, 2.24) is 4.90 Å². The van der Waals surface area contributed by atoms with Crippen molar-refractivity contribution >= 4 is 22.6 Å². The van der Waals surface area contributed by atoms with Gasteiger partial charge in [-0.05, 0) is 43.8 Å². The predicted octanol–water partition coefficient (Wildman–Crippen LogP) is 2.93. The van der Waals surface area contributed by atoms with Gasteiger partial charge in [-0.25, -0.2) is 0 Å². The van der Waals surface area contributed by atoms with Gasteiger partial charge in [-0.1, -0.05) is 35.9 Å². The van der Waals surface area contributed by atoms with Crippen molar-refractivity contribution in [3.8, 4) is 0 Å². The van der Waals surface area contributed by atoms with Crippen molar-refractivity contribution in [2.75, 3.05) is 24.6 Å². The Bertz CT molecular complexity index is 76.0. The fraction of sp³-hybridized carbons (Fsp3) is 1.00. The normalized spacial score (nSPS) is 10.9. The van der Waals surface area contributed by atoms with E-state index in [1.54, 1.807) is 0 Å². The molecule has 68 valence electrons. The smallest absolute Gasteiger partial charge is 0.000472 e. The second-order valence-electron chi connectivity index (χ2n) is 3.05. The molecule has 0 amide bonds. The molecule has 0 aromatic heterocycles. The average Bonchev–Trinajstić information content (AvgIpc) is 1.99. The maximum Gasteiger partial charge on any atom is -0.000472 e. The Hall–Kier alpha value is 0.690. The van der Waals surface area contributed by atoms with Gasteiger partial charge in [-0.15, -0.1) is 0 Å². The molecule has 0 aromatic carbocycles. The number of nitrogens with zero attached hydrogens (tertiary/aromatic N) is 1. The third-order valence-electron chi connectivity index (χ3n) is 1.78. The molecule has 0 aromatic rings. The highest BCUT2D eigenvalue weighted by Crippen LogP contribution is 2.00. The van der Waals surface area contributed by atoms with Crippen molar-refractivity contribution in [2.45, 2.75) is 32.6 Å². The second kappa shape index (κ2) is 8.78. The quantitative estimate of drug-likeness (QED) is 0.390. The molecule has 11 heavy (non-hydrogen) atoms. The van der Waals surface area contributed by atoms with E-state index in [1.807, 2.05) is 0 Å². The van der Waals surface area contributed by atoms with E-state index in [9.17, 15) is 0 Å². The number of rotatable bonds is 7. The van der Waals surface area contributed by atoms with Crippen molar-refractivity contribution in [3.63, 3.8) is 0 Å². The van der Waals surface area contributed by atoms with Crippen LogP contribution < -0.4 is 0 Å². The second-order valence-corrected chi connectivity index (χ2v) is 4.13. The van der Waals surface area contributed by atoms with E-state index in [0.29, 0.717) is 0 Å². The molecule has 0 aliphatic carbocycles. The summed E-state index contributed by atoms with van der Waals surface area (Å²) in [4.78, 5) is 2.42. The third kappa shape index (κ3) is 8.60. The standard InChI is InChI=1S/C9H20IN/c1-3-8-11(2)9-6-4-5-7-10/h3-9H2,1-2H3. The van der Waals surface area contributed by atoms with E-state index in [2.05, 4.69) is 41.5 Å². The first-order chi connectivity index (χ1) is 5.31. The SMILES string of the molecule is CCCN(C)CCCCCI. The number of hydrogen-bond acceptors (Lipinski definition) is 1. The van der Waals surface area contributed by atoms with Gasteiger partial charge in [0.1, 0.15) is 0 Å². The highest BCUT2D eigenvalue weighted by molar-refractivity contribution is 14.1. The molecule has 0 heterocycles. The van der Waals surface area contributed by atoms with Gasteiger partial charge in [-0.2, -0.15) is 0 Å². The lowest BCUT2D eigenvalue weighted by atomic mass is 10.2. The molecule has 0 atom stereocenters. The van der Waals surface area contributed by atoms with Crippen molar-refractivity contribution in [2.24, 2.45) is 0 Å². The Balaban J connectivity index is 2.97. The van der Waals surface area contributed by atoms with Crippen LogP contribution in [0.25, 0.3) is 0 Å². The minimum absolute atomic E-state index is 1.25. The maximum atomic E-state index is 2.45. The van der Waals surface area contributed by atoms with E-state index < -0.39 is 0 Å². The summed E-state index contributed by atoms with van der Waals surface area (Å²) in [7, 11) is 2.22. The Morgan fingerprint density at radius 2 is 1.82 bits per heavy atom. The molecule has 0 rings (SSSR count). The molecule has 0 aliphatic heterocycles. The maximum absolute atomic E-state index is 2.45. The number of alkyl halides is 1. The Morgan fingerprint density at radius 3 is 2.36 bits per heavy atom. The Kier molecular flexibility index (Phi) is 9.33. The lowest BCUT2D eigenvalue weighted by Crippen LogP contribution is -2.20. The molecule has 0 aliphatic rings. The summed E-state index contributed by atoms with van der Waals surface area (Å²) in [5, 5.41) is 0. The summed E-state index contributed by atoms with van der Waals surface area (Å²) in [6.07, 6.45) is 5.44. The lowest BCUT2D eigenvalue weighted by Gasteiger charge is -2.14. The minimum Gasteiger partial charge on any atom is -0.306 e. The van der Waals surface area contributed by atoms with E-state index in [-0.39, 0.29) is 0 Å². The predicted molar refractivity (Wildman–Crippen MR) is 60.5 cm³/mol. The number of unbranched alkanes of at least 4 members (excludes halogenated alkanes) is 2. The molecule has 0 fully saturated rings. The molecule has 0 spiro atoms. The van der Waals surface area contributed by atoms with Crippen LogP contribution in [-0.2, 0) is 0 Å². The topological polar surface area (TPSA) is 3.24 Å². The van der Waals surface area contributed by atoms with Crippen LogP contribution >= 0.6 is 22.6 Å². The van der Waals surface area contributed by atoms with Crippen molar-refractivity contribution < 1.29 is 0 Å². The summed E-state index contributed by atoms with van der Waals surface area (Å²) in [6.45, 7) is 4.77. The molecule has 0 unspecified atom stereocenters. The summed E-state index contributed by atoms with van der Waals surface area (Å²) in [6, 6.07) is 0. The van der Waals surface area contributed by atoms with Crippen LogP contribution in [-0.4, -0.2) is 29.5 Å². The van der Waals surface area contributed by atoms with Gasteiger partial charge in [0, 0.05) is 0 Å². The van der Waals surface area contributed by atoms with Gasteiger partial charge in [0.15, 0.2) is 0 Å². The van der Waals surface area contributed by atoms with Crippen LogP contribution in [0, 0.1) is 0 Å². The van der Waals surface area contributed by atoms with Crippen LogP contribution in [0.3, 0.4) is 0 Å². The summed E-state index contributed by atoms with van der Waals surface area (Å²) < 4.78 is 1.31. The van der Waals surface area contributed by atoms with Gasteiger partial charge in [0.25, 0.3) is 0 Å². The molecule has 0 bridgehead atoms. The number of hydrogen-bond donors (Lipinski definition) is 0. The molecular weight excluding hydrogens is 249 g/mol. The van der Waals surface area contributed by atoms with Crippen LogP contribution in [0.1, 0.15) is 32.6 Å². The van der Waals surface area contributed by atoms with Gasteiger partial charge in [0.05, 0.1) is 0 Å². The van der Waals surface area contributed by atoms with E-state index in [0.717, 1.165) is 0 Å². The highest BCUT2D eigenvalue weighted by Gasteiger charge is 1.94. The average molecular weight is 269 g/mol. The first-order valence-corrected chi connectivity index (χ1v) is 6.08. The van der Waals surface area contributed by atoms with E-state index in [1.165, 1.54) is 43.2 Å². The lowest BCUT2D eigenvalue weighted by molar-refractivity contribution is 0.326. The van der Waals surface area contributed by atoms with Gasteiger partial charge >= 0.3 is 0 Å². The third-order valence-corrected chi connectivity index (χ3v) is 2.54. The van der Waals surface area contributed by atoms with Gasteiger partial charge in [-0.3, -0.25) is 0 Å². The molecule has 0 N–H and O–H groups in total. The van der Waals surface area contributed by atoms with E-state index >= 15 is 0 Å². The van der Waals surface area contributed by atoms with Crippen LogP contribution in [0.5, 0.6) is 0 Å². The summed E-state index contributed by atoms with van der Waals surface area (Å²) in [5.41, 5.74) is 0. The van der Waals surface area contributed by atoms with Crippen LogP contribution in [0.2, 0.25) is 0 Å². The minimum atomic E-state index is 1.25. The molecule has 0 saturated heterocycles. The molecule has 0 radical (unpaired) electrons. The molecular formula is C9H20IN. The molecule has 2 heteroatoms. The van der Waals surface area contributed by atoms with E-state index in [4.69, 9.17) is 0 Å². The largest absolute Gasteiger partial charge is 0.306 e. The van der Waals surface area contributed by atoms with Crippen LogP contribution in [0.4, 0.5) is 0 Å². The fourth-order valence-electron chi connectivity index (χ4n) is 1.15. The molecule has 1 nitrogen and oxygen atoms in total. The Morgan fingerprint density at radius 1 is 1.09 bits per heavy atom. The monoisotopic (exact) mass is 269 g/mol. The summed E-state index contributed by atoms with van der Waals surface area (Å²) in [5.74, 6) is 0.